The summed E-state index contributed by atoms with van der Waals surface area (Å²) < 4.78 is 51.4. The number of carbonyl (C=O) groups excluding carboxylic acids is 1. The Hall–Kier alpha value is -3.83. The summed E-state index contributed by atoms with van der Waals surface area (Å²) in [5, 5.41) is 7.25. The molecule has 0 aliphatic rings. The quantitative estimate of drug-likeness (QED) is 0.182. The summed E-state index contributed by atoms with van der Waals surface area (Å²) in [6.07, 6.45) is -4.44. The number of alkyl halides is 3. The highest BCUT2D eigenvalue weighted by Gasteiger charge is 2.30. The summed E-state index contributed by atoms with van der Waals surface area (Å²) in [7, 11) is 0. The van der Waals surface area contributed by atoms with Crippen molar-refractivity contribution >= 4 is 23.4 Å². The van der Waals surface area contributed by atoms with Gasteiger partial charge in [0.2, 0.25) is 5.91 Å². The van der Waals surface area contributed by atoms with Gasteiger partial charge in [0.1, 0.15) is 6.61 Å². The van der Waals surface area contributed by atoms with Gasteiger partial charge in [-0.05, 0) is 55.5 Å². The van der Waals surface area contributed by atoms with Crippen LogP contribution in [0.15, 0.2) is 83.8 Å². The maximum absolute atomic E-state index is 13.0. The van der Waals surface area contributed by atoms with Gasteiger partial charge in [0.05, 0.1) is 23.6 Å². The molecule has 1 N–H and O–H groups in total. The second-order valence-corrected chi connectivity index (χ2v) is 9.00. The molecule has 0 saturated carbocycles. The van der Waals surface area contributed by atoms with Crippen LogP contribution in [0.1, 0.15) is 12.5 Å². The largest absolute Gasteiger partial charge is 0.460 e. The molecule has 11 heteroatoms. The molecule has 198 valence electrons. The van der Waals surface area contributed by atoms with E-state index in [-0.39, 0.29) is 24.3 Å². The third-order valence-electron chi connectivity index (χ3n) is 5.23. The Morgan fingerprint density at radius 3 is 2.34 bits per heavy atom. The minimum atomic E-state index is -4.44. The van der Waals surface area contributed by atoms with Crippen molar-refractivity contribution < 1.29 is 27.4 Å². The third-order valence-corrected chi connectivity index (χ3v) is 6.24. The molecule has 4 rings (SSSR count). The van der Waals surface area contributed by atoms with E-state index in [2.05, 4.69) is 15.4 Å². The summed E-state index contributed by atoms with van der Waals surface area (Å²) in [5.41, 5.74) is 0.854. The number of hydrogen-bond donors (Lipinski definition) is 1. The summed E-state index contributed by atoms with van der Waals surface area (Å²) in [6, 6.07) is 21.2. The van der Waals surface area contributed by atoms with Gasteiger partial charge in [-0.15, -0.1) is 16.9 Å². The van der Waals surface area contributed by atoms with Crippen LogP contribution in [0.5, 0.6) is 6.01 Å². The molecule has 0 spiro atoms. The monoisotopic (exact) mass is 542 g/mol. The molecule has 0 bridgehead atoms. The Kier molecular flexibility index (Phi) is 9.03. The Morgan fingerprint density at radius 2 is 1.68 bits per heavy atom. The van der Waals surface area contributed by atoms with E-state index in [1.807, 2.05) is 37.3 Å². The first-order chi connectivity index (χ1) is 18.3. The average molecular weight is 543 g/mol. The van der Waals surface area contributed by atoms with Gasteiger partial charge < -0.3 is 14.8 Å². The van der Waals surface area contributed by atoms with Crippen LogP contribution in [-0.4, -0.2) is 46.2 Å². The van der Waals surface area contributed by atoms with Crippen LogP contribution in [-0.2, 0) is 15.7 Å². The first kappa shape index (κ1) is 27.2. The molecule has 0 saturated heterocycles. The normalized spacial score (nSPS) is 11.4. The van der Waals surface area contributed by atoms with Crippen molar-refractivity contribution in [1.82, 2.24) is 14.8 Å². The minimum Gasteiger partial charge on any atom is -0.460 e. The molecular weight excluding hydrogens is 517 g/mol. The van der Waals surface area contributed by atoms with Gasteiger partial charge in [-0.3, -0.25) is 4.79 Å². The van der Waals surface area contributed by atoms with Gasteiger partial charge in [0.15, 0.2) is 5.82 Å². The van der Waals surface area contributed by atoms with Crippen LogP contribution >= 0.6 is 11.8 Å². The van der Waals surface area contributed by atoms with Crippen LogP contribution in [0.25, 0.3) is 17.1 Å². The molecular formula is C27H25F3N4O3S. The Labute approximate surface area is 222 Å². The lowest BCUT2D eigenvalue weighted by atomic mass is 10.1. The van der Waals surface area contributed by atoms with Crippen molar-refractivity contribution in [3.63, 3.8) is 0 Å². The zero-order valence-corrected chi connectivity index (χ0v) is 21.3. The molecule has 0 atom stereocenters. The van der Waals surface area contributed by atoms with Crippen LogP contribution < -0.4 is 10.1 Å². The first-order valence-electron chi connectivity index (χ1n) is 11.8. The predicted octanol–water partition coefficient (Wildman–Crippen LogP) is 6.10. The van der Waals surface area contributed by atoms with Gasteiger partial charge in [-0.2, -0.15) is 18.2 Å². The number of amides is 1. The highest BCUT2D eigenvalue weighted by atomic mass is 32.2. The van der Waals surface area contributed by atoms with Gasteiger partial charge in [0.25, 0.3) is 0 Å². The van der Waals surface area contributed by atoms with Crippen LogP contribution in [0.2, 0.25) is 0 Å². The average Bonchev–Trinajstić information content (AvgIpc) is 3.35. The van der Waals surface area contributed by atoms with Crippen molar-refractivity contribution in [2.75, 3.05) is 30.9 Å². The summed E-state index contributed by atoms with van der Waals surface area (Å²) in [5.74, 6) is 0.416. The van der Waals surface area contributed by atoms with E-state index in [1.165, 1.54) is 28.6 Å². The molecule has 0 aliphatic heterocycles. The standard InChI is InChI=1S/C27H25F3N4O3S/c1-2-36-16-17-37-26-32-25(19-8-10-20(11-9-19)27(28,29)30)34(33-26)22-14-12-21(13-15-22)31-24(35)18-38-23-6-4-3-5-7-23/h3-15H,2,16-18H2,1H3,(H,31,35). The summed E-state index contributed by atoms with van der Waals surface area (Å²) in [4.78, 5) is 17.8. The molecule has 3 aromatic carbocycles. The highest BCUT2D eigenvalue weighted by Crippen LogP contribution is 2.31. The number of benzene rings is 3. The van der Waals surface area contributed by atoms with Gasteiger partial charge in [-0.25, -0.2) is 4.68 Å². The Balaban J connectivity index is 1.51. The molecule has 7 nitrogen and oxygen atoms in total. The van der Waals surface area contributed by atoms with E-state index < -0.39 is 11.7 Å². The molecule has 1 heterocycles. The lowest BCUT2D eigenvalue weighted by Crippen LogP contribution is -2.14. The number of nitrogens with zero attached hydrogens (tertiary/aromatic N) is 3. The number of rotatable bonds is 11. The Bertz CT molecular complexity index is 1330. The maximum Gasteiger partial charge on any atom is 0.416 e. The van der Waals surface area contributed by atoms with Crippen molar-refractivity contribution in [3.8, 4) is 23.1 Å². The summed E-state index contributed by atoms with van der Waals surface area (Å²) in [6.45, 7) is 2.97. The van der Waals surface area contributed by atoms with E-state index in [4.69, 9.17) is 9.47 Å². The molecule has 1 amide bonds. The SMILES string of the molecule is CCOCCOc1nc(-c2ccc(C(F)(F)F)cc2)n(-c2ccc(NC(=O)CSc3ccccc3)cc2)n1. The van der Waals surface area contributed by atoms with Crippen LogP contribution in [0.3, 0.4) is 0 Å². The maximum atomic E-state index is 13.0. The van der Waals surface area contributed by atoms with Crippen molar-refractivity contribution in [2.45, 2.75) is 18.0 Å². The lowest BCUT2D eigenvalue weighted by Gasteiger charge is -2.10. The number of carbonyl (C=O) groups is 1. The summed E-state index contributed by atoms with van der Waals surface area (Å²) >= 11 is 1.43. The van der Waals surface area contributed by atoms with E-state index >= 15 is 0 Å². The predicted molar refractivity (Wildman–Crippen MR) is 140 cm³/mol. The zero-order chi connectivity index (χ0) is 27.0. The molecule has 0 unspecified atom stereocenters. The number of aromatic nitrogens is 3. The lowest BCUT2D eigenvalue weighted by molar-refractivity contribution is -0.137. The van der Waals surface area contributed by atoms with Crippen molar-refractivity contribution in [2.24, 2.45) is 0 Å². The topological polar surface area (TPSA) is 78.3 Å². The van der Waals surface area contributed by atoms with Crippen LogP contribution in [0.4, 0.5) is 18.9 Å². The fraction of sp³-hybridized carbons (Fsp3) is 0.222. The Morgan fingerprint density at radius 1 is 0.974 bits per heavy atom. The number of thioether (sulfide) groups is 1. The third kappa shape index (κ3) is 7.36. The number of nitrogens with one attached hydrogen (secondary N) is 1. The molecule has 4 aromatic rings. The molecule has 0 radical (unpaired) electrons. The second kappa shape index (κ2) is 12.6. The van der Waals surface area contributed by atoms with Gasteiger partial charge >= 0.3 is 12.2 Å². The fourth-order valence-corrected chi connectivity index (χ4v) is 4.13. The van der Waals surface area contributed by atoms with E-state index in [0.717, 1.165) is 17.0 Å². The second-order valence-electron chi connectivity index (χ2n) is 7.95. The molecule has 1 aromatic heterocycles. The fourth-order valence-electron chi connectivity index (χ4n) is 3.41. The molecule has 0 fully saturated rings. The van der Waals surface area contributed by atoms with Gasteiger partial charge in [-0.1, -0.05) is 30.3 Å². The van der Waals surface area contributed by atoms with Crippen LogP contribution in [0, 0.1) is 0 Å². The van der Waals surface area contributed by atoms with E-state index in [9.17, 15) is 18.0 Å². The van der Waals surface area contributed by atoms with Crippen molar-refractivity contribution in [3.05, 3.63) is 84.4 Å². The van der Waals surface area contributed by atoms with E-state index in [0.29, 0.717) is 36.0 Å². The minimum absolute atomic E-state index is 0.0647. The molecule has 0 aliphatic carbocycles. The number of hydrogen-bond acceptors (Lipinski definition) is 6. The molecule has 38 heavy (non-hydrogen) atoms. The number of ether oxygens (including phenoxy) is 2. The smallest absolute Gasteiger partial charge is 0.416 e. The van der Waals surface area contributed by atoms with E-state index in [1.54, 1.807) is 24.3 Å². The number of anilines is 1. The van der Waals surface area contributed by atoms with Gasteiger partial charge in [0, 0.05) is 22.8 Å². The highest BCUT2D eigenvalue weighted by molar-refractivity contribution is 8.00. The zero-order valence-electron chi connectivity index (χ0n) is 20.4. The van der Waals surface area contributed by atoms with Crippen molar-refractivity contribution in [1.29, 1.82) is 0 Å². The number of halogens is 3. The first-order valence-corrected chi connectivity index (χ1v) is 12.8.